The summed E-state index contributed by atoms with van der Waals surface area (Å²) in [5, 5.41) is 17.5. The van der Waals surface area contributed by atoms with Gasteiger partial charge in [-0.1, -0.05) is 62.2 Å². The zero-order chi connectivity index (χ0) is 29.4. The molecule has 210 valence electrons. The molecule has 0 aliphatic heterocycles. The SMILES string of the molecule is C#Cc1ccc(C(C(=O)Nc2ccc3ccccc3c2)N(CCO)C(=O)C(NC(=O)OC(C)(C)C)C(C)C)cc1. The normalized spacial score (nSPS) is 12.8. The number of benzene rings is 3. The smallest absolute Gasteiger partial charge is 0.408 e. The first kappa shape index (κ1) is 30.2. The highest BCUT2D eigenvalue weighted by Crippen LogP contribution is 2.27. The van der Waals surface area contributed by atoms with Crippen molar-refractivity contribution < 1.29 is 24.2 Å². The van der Waals surface area contributed by atoms with E-state index >= 15 is 0 Å². The fourth-order valence-corrected chi connectivity index (χ4v) is 4.31. The largest absolute Gasteiger partial charge is 0.444 e. The van der Waals surface area contributed by atoms with Gasteiger partial charge in [-0.2, -0.15) is 0 Å². The average Bonchev–Trinajstić information content (AvgIpc) is 2.90. The first-order chi connectivity index (χ1) is 18.9. The third kappa shape index (κ3) is 7.84. The number of carbonyl (C=O) groups is 3. The highest BCUT2D eigenvalue weighted by atomic mass is 16.6. The van der Waals surface area contributed by atoms with Crippen molar-refractivity contribution >= 4 is 34.4 Å². The fourth-order valence-electron chi connectivity index (χ4n) is 4.31. The fraction of sp³-hybridized carbons (Fsp3) is 0.344. The Kier molecular flexibility index (Phi) is 9.92. The van der Waals surface area contributed by atoms with Crippen LogP contribution >= 0.6 is 0 Å². The van der Waals surface area contributed by atoms with Crippen LogP contribution in [0.5, 0.6) is 0 Å². The lowest BCUT2D eigenvalue weighted by Gasteiger charge is -2.35. The van der Waals surface area contributed by atoms with Crippen LogP contribution in [0.4, 0.5) is 10.5 Å². The first-order valence-corrected chi connectivity index (χ1v) is 13.2. The Morgan fingerprint density at radius 3 is 2.23 bits per heavy atom. The summed E-state index contributed by atoms with van der Waals surface area (Å²) in [7, 11) is 0. The number of carbonyl (C=O) groups excluding carboxylic acids is 3. The van der Waals surface area contributed by atoms with E-state index in [9.17, 15) is 19.5 Å². The number of hydrogen-bond acceptors (Lipinski definition) is 5. The van der Waals surface area contributed by atoms with Crippen LogP contribution in [-0.2, 0) is 14.3 Å². The van der Waals surface area contributed by atoms with Crippen molar-refractivity contribution in [2.24, 2.45) is 5.92 Å². The molecule has 0 saturated carbocycles. The van der Waals surface area contributed by atoms with Crippen LogP contribution in [0.25, 0.3) is 10.8 Å². The van der Waals surface area contributed by atoms with Crippen LogP contribution in [0.1, 0.15) is 51.8 Å². The minimum Gasteiger partial charge on any atom is -0.444 e. The number of hydrogen-bond donors (Lipinski definition) is 3. The van der Waals surface area contributed by atoms with E-state index < -0.39 is 42.2 Å². The number of fused-ring (bicyclic) bond motifs is 1. The Morgan fingerprint density at radius 2 is 1.65 bits per heavy atom. The lowest BCUT2D eigenvalue weighted by atomic mass is 9.98. The highest BCUT2D eigenvalue weighted by Gasteiger charge is 2.37. The summed E-state index contributed by atoms with van der Waals surface area (Å²) in [4.78, 5) is 41.7. The molecule has 0 fully saturated rings. The minimum absolute atomic E-state index is 0.148. The predicted molar refractivity (Wildman–Crippen MR) is 156 cm³/mol. The number of alkyl carbamates (subject to hydrolysis) is 1. The molecule has 0 aliphatic carbocycles. The molecule has 0 bridgehead atoms. The maximum absolute atomic E-state index is 14.0. The standard InChI is InChI=1S/C32H37N3O5/c1-7-22-12-14-24(15-13-22)28(29(37)33-26-17-16-23-10-8-9-11-25(23)20-26)35(18-19-36)30(38)27(21(2)3)34-31(39)40-32(4,5)6/h1,8-17,20-21,27-28,36H,18-19H2,2-6H3,(H,33,37)(H,34,39). The molecule has 0 aromatic heterocycles. The quantitative estimate of drug-likeness (QED) is 0.334. The maximum atomic E-state index is 14.0. The zero-order valence-electron chi connectivity index (χ0n) is 23.6. The van der Waals surface area contributed by atoms with Crippen molar-refractivity contribution in [2.75, 3.05) is 18.5 Å². The molecule has 8 heteroatoms. The van der Waals surface area contributed by atoms with E-state index in [4.69, 9.17) is 11.2 Å². The summed E-state index contributed by atoms with van der Waals surface area (Å²) in [6, 6.07) is 17.9. The highest BCUT2D eigenvalue weighted by molar-refractivity contribution is 6.00. The molecule has 0 heterocycles. The predicted octanol–water partition coefficient (Wildman–Crippen LogP) is 4.87. The van der Waals surface area contributed by atoms with Gasteiger partial charge in [0, 0.05) is 17.8 Å². The number of anilines is 1. The van der Waals surface area contributed by atoms with Gasteiger partial charge in [-0.25, -0.2) is 4.79 Å². The van der Waals surface area contributed by atoms with E-state index in [1.54, 1.807) is 65.0 Å². The third-order valence-electron chi connectivity index (χ3n) is 6.20. The lowest BCUT2D eigenvalue weighted by molar-refractivity contribution is -0.142. The van der Waals surface area contributed by atoms with Gasteiger partial charge in [0.25, 0.3) is 5.91 Å². The average molecular weight is 544 g/mol. The van der Waals surface area contributed by atoms with E-state index in [1.165, 1.54) is 4.90 Å². The van der Waals surface area contributed by atoms with E-state index in [-0.39, 0.29) is 12.5 Å². The van der Waals surface area contributed by atoms with Gasteiger partial charge in [0.2, 0.25) is 5.91 Å². The second-order valence-electron chi connectivity index (χ2n) is 10.8. The Hall–Kier alpha value is -4.35. The monoisotopic (exact) mass is 543 g/mol. The Morgan fingerprint density at radius 1 is 1.00 bits per heavy atom. The molecule has 0 aliphatic rings. The summed E-state index contributed by atoms with van der Waals surface area (Å²) in [5.74, 6) is 1.19. The molecule has 0 radical (unpaired) electrons. The number of terminal acetylenes is 1. The van der Waals surface area contributed by atoms with Crippen molar-refractivity contribution in [1.29, 1.82) is 0 Å². The van der Waals surface area contributed by atoms with Crippen LogP contribution in [0.3, 0.4) is 0 Å². The Bertz CT molecular complexity index is 1390. The van der Waals surface area contributed by atoms with Gasteiger partial charge in [0.15, 0.2) is 0 Å². The van der Waals surface area contributed by atoms with Gasteiger partial charge in [-0.05, 0) is 67.3 Å². The summed E-state index contributed by atoms with van der Waals surface area (Å²) < 4.78 is 5.37. The van der Waals surface area contributed by atoms with E-state index in [1.807, 2.05) is 36.4 Å². The van der Waals surface area contributed by atoms with Gasteiger partial charge in [-0.3, -0.25) is 9.59 Å². The molecule has 0 saturated heterocycles. The van der Waals surface area contributed by atoms with Crippen LogP contribution in [0, 0.1) is 18.3 Å². The molecule has 2 atom stereocenters. The van der Waals surface area contributed by atoms with Crippen molar-refractivity contribution in [3.8, 4) is 12.3 Å². The molecule has 2 unspecified atom stereocenters. The number of ether oxygens (including phenoxy) is 1. The number of nitrogens with one attached hydrogen (secondary N) is 2. The third-order valence-corrected chi connectivity index (χ3v) is 6.20. The number of rotatable bonds is 9. The van der Waals surface area contributed by atoms with Crippen LogP contribution < -0.4 is 10.6 Å². The molecule has 3 aromatic rings. The second-order valence-corrected chi connectivity index (χ2v) is 10.8. The summed E-state index contributed by atoms with van der Waals surface area (Å²) in [6.07, 6.45) is 4.77. The van der Waals surface area contributed by atoms with Crippen molar-refractivity contribution in [1.82, 2.24) is 10.2 Å². The number of aliphatic hydroxyl groups excluding tert-OH is 1. The van der Waals surface area contributed by atoms with E-state index in [0.717, 1.165) is 10.8 Å². The molecule has 3 aromatic carbocycles. The number of amides is 3. The molecule has 40 heavy (non-hydrogen) atoms. The molecular formula is C32H37N3O5. The molecular weight excluding hydrogens is 506 g/mol. The van der Waals surface area contributed by atoms with Crippen LogP contribution in [0.15, 0.2) is 66.7 Å². The van der Waals surface area contributed by atoms with Crippen LogP contribution in [0.2, 0.25) is 0 Å². The van der Waals surface area contributed by atoms with Gasteiger partial charge in [0.05, 0.1) is 6.61 Å². The maximum Gasteiger partial charge on any atom is 0.408 e. The second kappa shape index (κ2) is 13.1. The molecule has 3 N–H and O–H groups in total. The van der Waals surface area contributed by atoms with Gasteiger partial charge in [0.1, 0.15) is 17.7 Å². The lowest BCUT2D eigenvalue weighted by Crippen LogP contribution is -2.55. The van der Waals surface area contributed by atoms with E-state index in [0.29, 0.717) is 16.8 Å². The molecule has 3 rings (SSSR count). The van der Waals surface area contributed by atoms with Gasteiger partial charge >= 0.3 is 6.09 Å². The topological polar surface area (TPSA) is 108 Å². The minimum atomic E-state index is -1.13. The zero-order valence-corrected chi connectivity index (χ0v) is 23.6. The summed E-state index contributed by atoms with van der Waals surface area (Å²) in [6.45, 7) is 8.19. The van der Waals surface area contributed by atoms with E-state index in [2.05, 4.69) is 16.6 Å². The molecule has 0 spiro atoms. The van der Waals surface area contributed by atoms with Crippen molar-refractivity contribution in [3.05, 3.63) is 77.9 Å². The van der Waals surface area contributed by atoms with Crippen molar-refractivity contribution in [2.45, 2.75) is 52.3 Å². The van der Waals surface area contributed by atoms with Gasteiger partial charge in [-0.15, -0.1) is 6.42 Å². The summed E-state index contributed by atoms with van der Waals surface area (Å²) >= 11 is 0. The van der Waals surface area contributed by atoms with Gasteiger partial charge < -0.3 is 25.4 Å². The van der Waals surface area contributed by atoms with Crippen molar-refractivity contribution in [3.63, 3.8) is 0 Å². The Balaban J connectivity index is 2.01. The first-order valence-electron chi connectivity index (χ1n) is 13.2. The number of nitrogens with zero attached hydrogens (tertiary/aromatic N) is 1. The molecule has 8 nitrogen and oxygen atoms in total. The summed E-state index contributed by atoms with van der Waals surface area (Å²) in [5.41, 5.74) is 0.904. The Labute approximate surface area is 235 Å². The number of aliphatic hydroxyl groups is 1. The van der Waals surface area contributed by atoms with Crippen LogP contribution in [-0.4, -0.2) is 52.7 Å². The molecule has 3 amide bonds.